The smallest absolute Gasteiger partial charge is 0.119 e. The van der Waals surface area contributed by atoms with E-state index in [4.69, 9.17) is 4.74 Å². The molecule has 0 heterocycles. The topological polar surface area (TPSA) is 21.3 Å². The summed E-state index contributed by atoms with van der Waals surface area (Å²) in [7, 11) is 2.01. The summed E-state index contributed by atoms with van der Waals surface area (Å²) in [4.78, 5) is 0. The Labute approximate surface area is 115 Å². The van der Waals surface area contributed by atoms with Crippen molar-refractivity contribution in [1.29, 1.82) is 0 Å². The van der Waals surface area contributed by atoms with Crippen LogP contribution in [0, 0.1) is 0 Å². The van der Waals surface area contributed by atoms with E-state index in [0.29, 0.717) is 6.04 Å². The van der Waals surface area contributed by atoms with Gasteiger partial charge in [-0.15, -0.1) is 0 Å². The second-order valence-corrected chi connectivity index (χ2v) is 4.56. The van der Waals surface area contributed by atoms with Crippen molar-refractivity contribution in [3.05, 3.63) is 66.2 Å². The molecule has 0 spiro atoms. The zero-order chi connectivity index (χ0) is 13.3. The maximum atomic E-state index is 5.71. The summed E-state index contributed by atoms with van der Waals surface area (Å²) >= 11 is 0. The lowest BCUT2D eigenvalue weighted by Gasteiger charge is -2.16. The van der Waals surface area contributed by atoms with Gasteiger partial charge in [0.2, 0.25) is 0 Å². The van der Waals surface area contributed by atoms with Gasteiger partial charge in [-0.1, -0.05) is 48.5 Å². The minimum absolute atomic E-state index is 0.403. The summed E-state index contributed by atoms with van der Waals surface area (Å²) in [5, 5.41) is 3.36. The number of rotatable bonds is 7. The fourth-order valence-electron chi connectivity index (χ4n) is 2.16. The summed E-state index contributed by atoms with van der Waals surface area (Å²) in [6.45, 7) is 0.759. The minimum atomic E-state index is 0.403. The third-order valence-corrected chi connectivity index (χ3v) is 3.20. The van der Waals surface area contributed by atoms with Crippen molar-refractivity contribution < 1.29 is 4.74 Å². The van der Waals surface area contributed by atoms with E-state index in [1.807, 2.05) is 37.4 Å². The Hall–Kier alpha value is -1.80. The number of hydrogen-bond donors (Lipinski definition) is 1. The van der Waals surface area contributed by atoms with E-state index in [-0.39, 0.29) is 0 Å². The first-order valence-corrected chi connectivity index (χ1v) is 6.80. The molecule has 0 aromatic heterocycles. The molecule has 0 amide bonds. The normalized spacial score (nSPS) is 12.1. The number of benzene rings is 2. The molecule has 0 fully saturated rings. The van der Waals surface area contributed by atoms with Crippen LogP contribution in [-0.2, 0) is 0 Å². The van der Waals surface area contributed by atoms with Crippen LogP contribution in [0.15, 0.2) is 60.7 Å². The summed E-state index contributed by atoms with van der Waals surface area (Å²) < 4.78 is 5.71. The molecule has 0 aliphatic carbocycles. The molecule has 2 nitrogen and oxygen atoms in total. The third-order valence-electron chi connectivity index (χ3n) is 3.20. The Morgan fingerprint density at radius 2 is 1.58 bits per heavy atom. The highest BCUT2D eigenvalue weighted by Crippen LogP contribution is 2.18. The van der Waals surface area contributed by atoms with Gasteiger partial charge in [0.1, 0.15) is 5.75 Å². The van der Waals surface area contributed by atoms with Gasteiger partial charge >= 0.3 is 0 Å². The van der Waals surface area contributed by atoms with Gasteiger partial charge in [-0.2, -0.15) is 0 Å². The molecule has 2 aromatic carbocycles. The molecular weight excluding hydrogens is 234 g/mol. The predicted octanol–water partition coefficient (Wildman–Crippen LogP) is 3.81. The van der Waals surface area contributed by atoms with E-state index in [1.54, 1.807) is 0 Å². The summed E-state index contributed by atoms with van der Waals surface area (Å²) in [6.07, 6.45) is 2.11. The fraction of sp³-hybridized carbons (Fsp3) is 0.294. The first-order valence-electron chi connectivity index (χ1n) is 6.80. The van der Waals surface area contributed by atoms with Crippen LogP contribution in [-0.4, -0.2) is 13.7 Å². The summed E-state index contributed by atoms with van der Waals surface area (Å²) in [6, 6.07) is 20.9. The number of hydrogen-bond acceptors (Lipinski definition) is 2. The maximum Gasteiger partial charge on any atom is 0.119 e. The standard InChI is InChI=1S/C17H21NO/c1-18-17(15-9-4-2-5-10-15)13-8-14-19-16-11-6-3-7-12-16/h2-7,9-12,17-18H,8,13-14H2,1H3. The molecule has 0 saturated carbocycles. The molecule has 2 aromatic rings. The Balaban J connectivity index is 1.75. The molecular formula is C17H21NO. The highest BCUT2D eigenvalue weighted by molar-refractivity contribution is 5.21. The van der Waals surface area contributed by atoms with E-state index in [9.17, 15) is 0 Å². The number of para-hydroxylation sites is 1. The highest BCUT2D eigenvalue weighted by atomic mass is 16.5. The van der Waals surface area contributed by atoms with Gasteiger partial charge in [-0.25, -0.2) is 0 Å². The second-order valence-electron chi connectivity index (χ2n) is 4.56. The Kier molecular flexibility index (Phi) is 5.45. The van der Waals surface area contributed by atoms with Gasteiger partial charge in [0, 0.05) is 6.04 Å². The van der Waals surface area contributed by atoms with Crippen LogP contribution in [0.5, 0.6) is 5.75 Å². The number of ether oxygens (including phenoxy) is 1. The summed E-state index contributed by atoms with van der Waals surface area (Å²) in [5.41, 5.74) is 1.34. The van der Waals surface area contributed by atoms with E-state index in [0.717, 1.165) is 25.2 Å². The predicted molar refractivity (Wildman–Crippen MR) is 79.4 cm³/mol. The van der Waals surface area contributed by atoms with Gasteiger partial charge in [0.05, 0.1) is 6.61 Å². The molecule has 0 bridgehead atoms. The average Bonchev–Trinajstić information content (AvgIpc) is 2.49. The van der Waals surface area contributed by atoms with Gasteiger partial charge in [-0.3, -0.25) is 0 Å². The Morgan fingerprint density at radius 3 is 2.21 bits per heavy atom. The van der Waals surface area contributed by atoms with Crippen LogP contribution >= 0.6 is 0 Å². The molecule has 2 rings (SSSR count). The molecule has 19 heavy (non-hydrogen) atoms. The van der Waals surface area contributed by atoms with Gasteiger partial charge in [0.25, 0.3) is 0 Å². The monoisotopic (exact) mass is 255 g/mol. The summed E-state index contributed by atoms with van der Waals surface area (Å²) in [5.74, 6) is 0.947. The van der Waals surface area contributed by atoms with Crippen LogP contribution in [0.25, 0.3) is 0 Å². The van der Waals surface area contributed by atoms with Gasteiger partial charge in [-0.05, 0) is 37.6 Å². The molecule has 0 aliphatic heterocycles. The second kappa shape index (κ2) is 7.59. The van der Waals surface area contributed by atoms with Crippen molar-refractivity contribution in [2.75, 3.05) is 13.7 Å². The minimum Gasteiger partial charge on any atom is -0.494 e. The van der Waals surface area contributed by atoms with Crippen molar-refractivity contribution in [3.63, 3.8) is 0 Å². The van der Waals surface area contributed by atoms with Crippen LogP contribution < -0.4 is 10.1 Å². The van der Waals surface area contributed by atoms with Crippen molar-refractivity contribution >= 4 is 0 Å². The van der Waals surface area contributed by atoms with Crippen molar-refractivity contribution in [3.8, 4) is 5.75 Å². The van der Waals surface area contributed by atoms with E-state index in [1.165, 1.54) is 5.56 Å². The lowest BCUT2D eigenvalue weighted by molar-refractivity contribution is 0.298. The van der Waals surface area contributed by atoms with Gasteiger partial charge < -0.3 is 10.1 Å². The SMILES string of the molecule is CNC(CCCOc1ccccc1)c1ccccc1. The largest absolute Gasteiger partial charge is 0.494 e. The van der Waals surface area contributed by atoms with Crippen molar-refractivity contribution in [2.24, 2.45) is 0 Å². The van der Waals surface area contributed by atoms with E-state index in [2.05, 4.69) is 35.6 Å². The average molecular weight is 255 g/mol. The van der Waals surface area contributed by atoms with E-state index >= 15 is 0 Å². The van der Waals surface area contributed by atoms with Gasteiger partial charge in [0.15, 0.2) is 0 Å². The highest BCUT2D eigenvalue weighted by Gasteiger charge is 2.07. The lowest BCUT2D eigenvalue weighted by atomic mass is 10.0. The first kappa shape index (κ1) is 13.6. The zero-order valence-corrected chi connectivity index (χ0v) is 11.4. The van der Waals surface area contributed by atoms with Crippen LogP contribution in [0.4, 0.5) is 0 Å². The van der Waals surface area contributed by atoms with Crippen LogP contribution in [0.1, 0.15) is 24.4 Å². The Morgan fingerprint density at radius 1 is 0.947 bits per heavy atom. The molecule has 0 saturated heterocycles. The van der Waals surface area contributed by atoms with Crippen molar-refractivity contribution in [1.82, 2.24) is 5.32 Å². The zero-order valence-electron chi connectivity index (χ0n) is 11.4. The molecule has 2 heteroatoms. The molecule has 100 valence electrons. The number of nitrogens with one attached hydrogen (secondary N) is 1. The lowest BCUT2D eigenvalue weighted by Crippen LogP contribution is -2.17. The Bertz CT molecular complexity index is 455. The molecule has 1 unspecified atom stereocenters. The first-order chi connectivity index (χ1) is 9.40. The molecule has 1 N–H and O–H groups in total. The molecule has 0 aliphatic rings. The maximum absolute atomic E-state index is 5.71. The van der Waals surface area contributed by atoms with Crippen molar-refractivity contribution in [2.45, 2.75) is 18.9 Å². The molecule has 1 atom stereocenters. The van der Waals surface area contributed by atoms with Crippen LogP contribution in [0.3, 0.4) is 0 Å². The van der Waals surface area contributed by atoms with E-state index < -0.39 is 0 Å². The third kappa shape index (κ3) is 4.42. The molecule has 0 radical (unpaired) electrons. The van der Waals surface area contributed by atoms with Crippen LogP contribution in [0.2, 0.25) is 0 Å². The fourth-order valence-corrected chi connectivity index (χ4v) is 2.16. The quantitative estimate of drug-likeness (QED) is 0.760.